The molecule has 0 aliphatic rings. The smallest absolute Gasteiger partial charge is 0.168 e. The summed E-state index contributed by atoms with van der Waals surface area (Å²) in [5, 5.41) is 34.2. The molecule has 30 aromatic rings. The van der Waals surface area contributed by atoms with Gasteiger partial charge in [-0.05, 0) is 96.4 Å². The first kappa shape index (κ1) is 74.6. The third-order valence-electron chi connectivity index (χ3n) is 25.3. The van der Waals surface area contributed by atoms with Crippen LogP contribution in [0.2, 0.25) is 0 Å². The molecule has 0 aliphatic heterocycles. The molecule has 131 heavy (non-hydrogen) atoms. The van der Waals surface area contributed by atoms with Gasteiger partial charge in [0.15, 0.2) is 39.6 Å². The van der Waals surface area contributed by atoms with Crippen molar-refractivity contribution < 1.29 is 22.1 Å². The highest BCUT2D eigenvalue weighted by atomic mass is 32.1. The van der Waals surface area contributed by atoms with Crippen molar-refractivity contribution >= 4 is 218 Å². The highest BCUT2D eigenvalue weighted by Gasteiger charge is 2.25. The molecule has 0 spiro atoms. The Morgan fingerprint density at radius 1 is 0.244 bits per heavy atom. The first-order chi connectivity index (χ1) is 65.0. The number of nitrogens with zero attached hydrogens (tertiary/aromatic N) is 11. The zero-order valence-electron chi connectivity index (χ0n) is 69.7. The van der Waals surface area contributed by atoms with E-state index >= 15 is 0 Å². The number of aromatic nitrogens is 11. The van der Waals surface area contributed by atoms with Crippen molar-refractivity contribution in [2.45, 2.75) is 0 Å². The summed E-state index contributed by atoms with van der Waals surface area (Å²) < 4.78 is 41.8. The van der Waals surface area contributed by atoms with Crippen LogP contribution in [-0.4, -0.2) is 53.0 Å². The summed E-state index contributed by atoms with van der Waals surface area (Å²) in [6.45, 7) is 0. The fraction of sp³-hybridized carbons (Fsp3) is 0. The van der Waals surface area contributed by atoms with E-state index < -0.39 is 0 Å². The molecule has 15 heterocycles. The molecule has 17 heteroatoms. The standard InChI is InChI=1S/C24H15N3O.2C23H14N2O.C22H13N3O.C22H13NOS/c1-2-6-16(7-3-1)20-14-26-22(15-25-20)27-21-9-5-4-8-18(21)19-11-10-17-12-13-28-24(17)23(19)27;1-3-7-19-15(5-1)10-12-21(24-19)25-20-8-4-2-6-17(20)18-11-9-16-13-14-26-23(16)22(18)25;1-2-6-17-16(5-1)13-24-14-21(17)25-20-8-4-3-7-18(20)19-10-9-15-11-12-26-23(15)22(19)25;1-2-6-16-15(5-1)13-23-24-22(16)25-19-8-4-3-7-17(19)18-10-9-14-11-12-26-21(14)20(18)25;1-4-8-19-15(5-1)13-20(25-19)23-18-7-3-2-6-16(18)17-10-9-14-11-12-24-22(14)21(17)23/h1-15H;2*1-14H;1-13H;1-13H. The lowest BCUT2D eigenvalue weighted by Crippen LogP contribution is -2.00. The van der Waals surface area contributed by atoms with Gasteiger partial charge >= 0.3 is 0 Å². The second-order valence-electron chi connectivity index (χ2n) is 32.5. The monoisotopic (exact) mass is 1700 g/mol. The second-order valence-corrected chi connectivity index (χ2v) is 33.6. The Labute approximate surface area is 747 Å². The minimum absolute atomic E-state index is 0.773. The number of hydrogen-bond donors (Lipinski definition) is 0. The molecule has 16 nitrogen and oxygen atoms in total. The average Bonchev–Trinajstić information content (AvgIpc) is 1.56. The molecule has 0 N–H and O–H groups in total. The largest absolute Gasteiger partial charge is 0.462 e. The molecule has 616 valence electrons. The molecular weight excluding hydrogens is 1640 g/mol. The fourth-order valence-electron chi connectivity index (χ4n) is 19.5. The lowest BCUT2D eigenvalue weighted by Gasteiger charge is -2.11. The number of benzene rings is 15. The van der Waals surface area contributed by atoms with Gasteiger partial charge in [-0.25, -0.2) is 9.97 Å². The highest BCUT2D eigenvalue weighted by molar-refractivity contribution is 7.21. The number of fused-ring (bicyclic) bond motifs is 29. The molecule has 15 aromatic heterocycles. The van der Waals surface area contributed by atoms with Gasteiger partial charge in [0.1, 0.15) is 10.8 Å². The molecule has 0 bridgehead atoms. The van der Waals surface area contributed by atoms with Crippen LogP contribution in [0.25, 0.3) is 246 Å². The minimum atomic E-state index is 0.773. The summed E-state index contributed by atoms with van der Waals surface area (Å²) in [4.78, 5) is 18.8. The molecule has 0 saturated heterocycles. The van der Waals surface area contributed by atoms with Crippen LogP contribution in [-0.2, 0) is 0 Å². The van der Waals surface area contributed by atoms with E-state index in [1.54, 1.807) is 37.5 Å². The van der Waals surface area contributed by atoms with Crippen molar-refractivity contribution in [3.05, 3.63) is 420 Å². The minimum Gasteiger partial charge on any atom is -0.462 e. The van der Waals surface area contributed by atoms with E-state index in [1.165, 1.54) is 69.1 Å². The van der Waals surface area contributed by atoms with E-state index in [9.17, 15) is 0 Å². The molecule has 0 saturated carbocycles. The van der Waals surface area contributed by atoms with Gasteiger partial charge in [-0.15, -0.1) is 16.4 Å². The van der Waals surface area contributed by atoms with Crippen molar-refractivity contribution in [2.24, 2.45) is 0 Å². The normalized spacial score (nSPS) is 11.8. The molecule has 0 atom stereocenters. The van der Waals surface area contributed by atoms with Crippen molar-refractivity contribution in [1.29, 1.82) is 0 Å². The van der Waals surface area contributed by atoms with Crippen LogP contribution >= 0.6 is 11.3 Å². The van der Waals surface area contributed by atoms with Gasteiger partial charge in [0.05, 0.1) is 128 Å². The number of rotatable bonds is 6. The fourth-order valence-corrected chi connectivity index (χ4v) is 20.5. The Morgan fingerprint density at radius 2 is 0.634 bits per heavy atom. The van der Waals surface area contributed by atoms with Crippen LogP contribution in [0, 0.1) is 0 Å². The van der Waals surface area contributed by atoms with E-state index in [4.69, 9.17) is 32.1 Å². The van der Waals surface area contributed by atoms with E-state index in [2.05, 4.69) is 304 Å². The van der Waals surface area contributed by atoms with Gasteiger partial charge in [0.2, 0.25) is 0 Å². The Bertz CT molecular complexity index is 9480. The summed E-state index contributed by atoms with van der Waals surface area (Å²) in [6.07, 6.45) is 18.1. The Hall–Kier alpha value is -17.8. The zero-order valence-corrected chi connectivity index (χ0v) is 70.5. The van der Waals surface area contributed by atoms with E-state index in [-0.39, 0.29) is 0 Å². The van der Waals surface area contributed by atoms with Crippen molar-refractivity contribution in [3.63, 3.8) is 0 Å². The molecular formula is C114H69N11O5S. The Morgan fingerprint density at radius 3 is 1.14 bits per heavy atom. The number of hydrogen-bond acceptors (Lipinski definition) is 12. The van der Waals surface area contributed by atoms with Crippen molar-refractivity contribution in [2.75, 3.05) is 0 Å². The zero-order chi connectivity index (χ0) is 86.1. The lowest BCUT2D eigenvalue weighted by molar-refractivity contribution is 0.617. The number of para-hydroxylation sites is 6. The van der Waals surface area contributed by atoms with Crippen LogP contribution in [0.5, 0.6) is 0 Å². The third-order valence-corrected chi connectivity index (χ3v) is 26.4. The number of furan rings is 5. The SMILES string of the molecule is c1ccc(-c2cnc(-n3c4ccccc4c4ccc5ccoc5c43)cn2)cc1.c1ccc2c(-n3c4ccccc4c4ccc5ccoc5c43)cncc2c1.c1ccc2c(-n3c4ccccc4c4ccc5ccoc5c43)nncc2c1.c1ccc2nc(-n3c4ccccc4c4ccc5ccoc5c43)ccc2c1.c1ccc2sc(-n3c4ccccc4c4ccc5ccoc5c43)cc2c1. The van der Waals surface area contributed by atoms with E-state index in [0.717, 1.165) is 177 Å². The molecule has 0 radical (unpaired) electrons. The van der Waals surface area contributed by atoms with Gasteiger partial charge in [-0.1, -0.05) is 267 Å². The molecule has 0 amide bonds. The summed E-state index contributed by atoms with van der Waals surface area (Å²) in [7, 11) is 0. The third kappa shape index (κ3) is 12.1. The van der Waals surface area contributed by atoms with Gasteiger partial charge in [0.25, 0.3) is 0 Å². The van der Waals surface area contributed by atoms with Gasteiger partial charge < -0.3 is 26.7 Å². The molecule has 30 rings (SSSR count). The van der Waals surface area contributed by atoms with Crippen LogP contribution in [0.15, 0.2) is 442 Å². The highest BCUT2D eigenvalue weighted by Crippen LogP contribution is 2.45. The first-order valence-corrected chi connectivity index (χ1v) is 44.1. The molecule has 15 aromatic carbocycles. The van der Waals surface area contributed by atoms with Crippen LogP contribution in [0.1, 0.15) is 0 Å². The van der Waals surface area contributed by atoms with Crippen LogP contribution < -0.4 is 0 Å². The summed E-state index contributed by atoms with van der Waals surface area (Å²) in [5.74, 6) is 2.49. The maximum Gasteiger partial charge on any atom is 0.168 e. The Balaban J connectivity index is 0.0000000860. The van der Waals surface area contributed by atoms with Crippen LogP contribution in [0.4, 0.5) is 0 Å². The topological polar surface area (TPSA) is 168 Å². The summed E-state index contributed by atoms with van der Waals surface area (Å²) >= 11 is 1.82. The summed E-state index contributed by atoms with van der Waals surface area (Å²) in [6, 6.07) is 124. The predicted octanol–water partition coefficient (Wildman–Crippen LogP) is 30.4. The van der Waals surface area contributed by atoms with Gasteiger partial charge in [-0.3, -0.25) is 28.2 Å². The van der Waals surface area contributed by atoms with Gasteiger partial charge in [-0.2, -0.15) is 5.10 Å². The number of pyridine rings is 2. The maximum atomic E-state index is 5.89. The second kappa shape index (κ2) is 30.5. The summed E-state index contributed by atoms with van der Waals surface area (Å²) in [5.41, 5.74) is 19.5. The van der Waals surface area contributed by atoms with Crippen molar-refractivity contribution in [1.82, 2.24) is 53.0 Å². The Kier molecular flexibility index (Phi) is 17.4. The maximum absolute atomic E-state index is 5.89. The quantitative estimate of drug-likeness (QED) is 0.155. The van der Waals surface area contributed by atoms with E-state index in [1.807, 2.05) is 133 Å². The molecule has 0 unspecified atom stereocenters. The van der Waals surface area contributed by atoms with Gasteiger partial charge in [0, 0.05) is 124 Å². The van der Waals surface area contributed by atoms with E-state index in [0.29, 0.717) is 0 Å². The predicted molar refractivity (Wildman–Crippen MR) is 533 cm³/mol. The number of thiophene rings is 1. The van der Waals surface area contributed by atoms with Crippen LogP contribution in [0.3, 0.4) is 0 Å². The molecule has 0 fully saturated rings. The van der Waals surface area contributed by atoms with Crippen molar-refractivity contribution in [3.8, 4) is 39.4 Å². The lowest BCUT2D eigenvalue weighted by atomic mass is 10.1. The first-order valence-electron chi connectivity index (χ1n) is 43.3. The average molecular weight is 1700 g/mol. The molecule has 0 aliphatic carbocycles.